The third kappa shape index (κ3) is 3.86. The summed E-state index contributed by atoms with van der Waals surface area (Å²) in [5.41, 5.74) is 1.34. The molecule has 0 radical (unpaired) electrons. The van der Waals surface area contributed by atoms with E-state index in [0.29, 0.717) is 18.2 Å². The minimum atomic E-state index is -0.0741. The molecule has 124 valence electrons. The fourth-order valence-corrected chi connectivity index (χ4v) is 3.10. The zero-order chi connectivity index (χ0) is 16.1. The van der Waals surface area contributed by atoms with Crippen molar-refractivity contribution < 1.29 is 9.90 Å². The van der Waals surface area contributed by atoms with Crippen LogP contribution in [-0.4, -0.2) is 62.8 Å². The van der Waals surface area contributed by atoms with Crippen LogP contribution in [0, 0.1) is 0 Å². The highest BCUT2D eigenvalue weighted by atomic mass is 16.3. The molecule has 0 bridgehead atoms. The van der Waals surface area contributed by atoms with Gasteiger partial charge in [0.2, 0.25) is 0 Å². The van der Waals surface area contributed by atoms with Crippen molar-refractivity contribution in [3.63, 3.8) is 0 Å². The largest absolute Gasteiger partial charge is 0.395 e. The maximum atomic E-state index is 12.1. The SMILES string of the molecule is O=C(NCCCCN1CCCC1CO)c1ccc2nncn2c1. The zero-order valence-corrected chi connectivity index (χ0v) is 13.2. The molecule has 0 saturated carbocycles. The summed E-state index contributed by atoms with van der Waals surface area (Å²) >= 11 is 0. The Labute approximate surface area is 135 Å². The van der Waals surface area contributed by atoms with Crippen molar-refractivity contribution in [3.05, 3.63) is 30.2 Å². The third-order valence-corrected chi connectivity index (χ3v) is 4.42. The van der Waals surface area contributed by atoms with Gasteiger partial charge >= 0.3 is 0 Å². The van der Waals surface area contributed by atoms with Crippen LogP contribution in [0.4, 0.5) is 0 Å². The molecule has 1 aliphatic rings. The molecule has 7 nitrogen and oxygen atoms in total. The summed E-state index contributed by atoms with van der Waals surface area (Å²) in [6, 6.07) is 3.87. The smallest absolute Gasteiger partial charge is 0.252 e. The van der Waals surface area contributed by atoms with E-state index in [0.717, 1.165) is 38.0 Å². The van der Waals surface area contributed by atoms with Crippen LogP contribution in [0.15, 0.2) is 24.7 Å². The molecule has 1 aliphatic heterocycles. The molecule has 1 unspecified atom stereocenters. The van der Waals surface area contributed by atoms with Gasteiger partial charge in [-0.2, -0.15) is 0 Å². The summed E-state index contributed by atoms with van der Waals surface area (Å²) in [7, 11) is 0. The molecule has 2 aromatic heterocycles. The lowest BCUT2D eigenvalue weighted by atomic mass is 10.2. The van der Waals surface area contributed by atoms with Crippen LogP contribution in [0.3, 0.4) is 0 Å². The van der Waals surface area contributed by atoms with E-state index in [1.54, 1.807) is 29.1 Å². The van der Waals surface area contributed by atoms with Crippen LogP contribution >= 0.6 is 0 Å². The second kappa shape index (κ2) is 7.52. The number of fused-ring (bicyclic) bond motifs is 1. The topological polar surface area (TPSA) is 82.8 Å². The molecule has 0 aliphatic carbocycles. The van der Waals surface area contributed by atoms with E-state index in [4.69, 9.17) is 0 Å². The number of rotatable bonds is 7. The molecule has 1 amide bonds. The van der Waals surface area contributed by atoms with Crippen molar-refractivity contribution >= 4 is 11.6 Å². The maximum absolute atomic E-state index is 12.1. The van der Waals surface area contributed by atoms with Crippen LogP contribution in [0.25, 0.3) is 5.65 Å². The number of carbonyl (C=O) groups is 1. The highest BCUT2D eigenvalue weighted by Crippen LogP contribution is 2.16. The monoisotopic (exact) mass is 317 g/mol. The number of likely N-dealkylation sites (tertiary alicyclic amines) is 1. The predicted octanol–water partition coefficient (Wildman–Crippen LogP) is 0.696. The number of nitrogens with one attached hydrogen (secondary N) is 1. The number of carbonyl (C=O) groups excluding carboxylic acids is 1. The number of hydrogen-bond acceptors (Lipinski definition) is 5. The molecule has 7 heteroatoms. The average molecular weight is 317 g/mol. The Bertz CT molecular complexity index is 657. The standard InChI is InChI=1S/C16H23N5O2/c22-11-14-4-3-9-20(14)8-2-1-7-17-16(23)13-5-6-15-19-18-12-21(15)10-13/h5-6,10,12,14,22H,1-4,7-9,11H2,(H,17,23). The molecule has 2 aromatic rings. The first-order valence-corrected chi connectivity index (χ1v) is 8.20. The fraction of sp³-hybridized carbons (Fsp3) is 0.562. The van der Waals surface area contributed by atoms with Crippen LogP contribution in [0.5, 0.6) is 0 Å². The Morgan fingerprint density at radius 2 is 2.30 bits per heavy atom. The van der Waals surface area contributed by atoms with Gasteiger partial charge < -0.3 is 10.4 Å². The molecule has 1 saturated heterocycles. The highest BCUT2D eigenvalue weighted by molar-refractivity contribution is 5.94. The zero-order valence-electron chi connectivity index (χ0n) is 13.2. The molecule has 1 fully saturated rings. The summed E-state index contributed by atoms with van der Waals surface area (Å²) < 4.78 is 1.73. The van der Waals surface area contributed by atoms with E-state index >= 15 is 0 Å². The number of aromatic nitrogens is 3. The Hall–Kier alpha value is -1.99. The molecule has 3 heterocycles. The van der Waals surface area contributed by atoms with Crippen molar-refractivity contribution in [1.82, 2.24) is 24.8 Å². The lowest BCUT2D eigenvalue weighted by Crippen LogP contribution is -2.33. The van der Waals surface area contributed by atoms with Crippen molar-refractivity contribution in [1.29, 1.82) is 0 Å². The van der Waals surface area contributed by atoms with E-state index in [1.807, 2.05) is 0 Å². The molecule has 1 atom stereocenters. The quantitative estimate of drug-likeness (QED) is 0.735. The van der Waals surface area contributed by atoms with E-state index in [2.05, 4.69) is 20.4 Å². The summed E-state index contributed by atoms with van der Waals surface area (Å²) in [6.45, 7) is 2.99. The molecule has 0 aromatic carbocycles. The Balaban J connectivity index is 1.39. The number of hydrogen-bond donors (Lipinski definition) is 2. The molecule has 0 spiro atoms. The first kappa shape index (κ1) is 15.9. The molecule has 2 N–H and O–H groups in total. The Kier molecular flexibility index (Phi) is 5.19. The number of aliphatic hydroxyl groups excluding tert-OH is 1. The lowest BCUT2D eigenvalue weighted by Gasteiger charge is -2.22. The van der Waals surface area contributed by atoms with E-state index in [9.17, 15) is 9.90 Å². The Morgan fingerprint density at radius 1 is 1.39 bits per heavy atom. The highest BCUT2D eigenvalue weighted by Gasteiger charge is 2.22. The summed E-state index contributed by atoms with van der Waals surface area (Å²) in [5, 5.41) is 19.9. The van der Waals surface area contributed by atoms with Gasteiger partial charge in [-0.3, -0.25) is 14.1 Å². The number of unbranched alkanes of at least 4 members (excludes halogenated alkanes) is 1. The molecule has 3 rings (SSSR count). The maximum Gasteiger partial charge on any atom is 0.252 e. The van der Waals surface area contributed by atoms with Crippen molar-refractivity contribution in [2.24, 2.45) is 0 Å². The minimum absolute atomic E-state index is 0.0741. The third-order valence-electron chi connectivity index (χ3n) is 4.42. The molecule has 23 heavy (non-hydrogen) atoms. The first-order valence-electron chi connectivity index (χ1n) is 8.20. The van der Waals surface area contributed by atoms with Crippen LogP contribution in [-0.2, 0) is 0 Å². The van der Waals surface area contributed by atoms with Gasteiger partial charge in [-0.25, -0.2) is 0 Å². The fourth-order valence-electron chi connectivity index (χ4n) is 3.10. The van der Waals surface area contributed by atoms with Crippen molar-refractivity contribution in [3.8, 4) is 0 Å². The average Bonchev–Trinajstić information content (AvgIpc) is 3.22. The number of amides is 1. The number of pyridine rings is 1. The Morgan fingerprint density at radius 3 is 3.17 bits per heavy atom. The van der Waals surface area contributed by atoms with Crippen molar-refractivity contribution in [2.75, 3.05) is 26.2 Å². The van der Waals surface area contributed by atoms with Gasteiger partial charge in [-0.05, 0) is 50.9 Å². The van der Waals surface area contributed by atoms with Gasteiger partial charge in [-0.1, -0.05) is 0 Å². The minimum Gasteiger partial charge on any atom is -0.395 e. The predicted molar refractivity (Wildman–Crippen MR) is 86.2 cm³/mol. The van der Waals surface area contributed by atoms with Gasteiger partial charge in [0, 0.05) is 18.8 Å². The normalized spacial score (nSPS) is 18.6. The van der Waals surface area contributed by atoms with Crippen molar-refractivity contribution in [2.45, 2.75) is 31.7 Å². The lowest BCUT2D eigenvalue weighted by molar-refractivity contribution is 0.0951. The summed E-state index contributed by atoms with van der Waals surface area (Å²) in [4.78, 5) is 14.5. The number of aliphatic hydroxyl groups is 1. The summed E-state index contributed by atoms with van der Waals surface area (Å²) in [5.74, 6) is -0.0741. The first-order chi connectivity index (χ1) is 11.3. The molecular weight excluding hydrogens is 294 g/mol. The van der Waals surface area contributed by atoms with Gasteiger partial charge in [0.25, 0.3) is 5.91 Å². The second-order valence-electron chi connectivity index (χ2n) is 5.99. The van der Waals surface area contributed by atoms with E-state index in [1.165, 1.54) is 6.42 Å². The van der Waals surface area contributed by atoms with Crippen LogP contribution < -0.4 is 5.32 Å². The van der Waals surface area contributed by atoms with Gasteiger partial charge in [-0.15, -0.1) is 10.2 Å². The summed E-state index contributed by atoms with van der Waals surface area (Å²) in [6.07, 6.45) is 7.56. The van der Waals surface area contributed by atoms with Crippen LogP contribution in [0.2, 0.25) is 0 Å². The van der Waals surface area contributed by atoms with Crippen LogP contribution in [0.1, 0.15) is 36.0 Å². The van der Waals surface area contributed by atoms with Gasteiger partial charge in [0.15, 0.2) is 5.65 Å². The number of nitrogens with zero attached hydrogens (tertiary/aromatic N) is 4. The molecular formula is C16H23N5O2. The van der Waals surface area contributed by atoms with E-state index < -0.39 is 0 Å². The van der Waals surface area contributed by atoms with Gasteiger partial charge in [0.1, 0.15) is 6.33 Å². The van der Waals surface area contributed by atoms with E-state index in [-0.39, 0.29) is 12.5 Å². The second-order valence-corrected chi connectivity index (χ2v) is 5.99. The van der Waals surface area contributed by atoms with Gasteiger partial charge in [0.05, 0.1) is 12.2 Å².